The number of ether oxygens (including phenoxy) is 2. The maximum Gasteiger partial charge on any atom is 0.180 e. The first kappa shape index (κ1) is 19.3. The number of hydrogen-bond donors (Lipinski definition) is 1. The quantitative estimate of drug-likeness (QED) is 0.577. The van der Waals surface area contributed by atoms with Crippen molar-refractivity contribution in [3.63, 3.8) is 0 Å². The van der Waals surface area contributed by atoms with Crippen molar-refractivity contribution in [2.24, 2.45) is 0 Å². The Bertz CT molecular complexity index is 1240. The van der Waals surface area contributed by atoms with Crippen LogP contribution in [0.4, 0.5) is 14.6 Å². The molecular formula is C23H23F2N5O2. The molecule has 1 aromatic carbocycles. The van der Waals surface area contributed by atoms with E-state index in [4.69, 9.17) is 14.5 Å². The van der Waals surface area contributed by atoms with Gasteiger partial charge in [0.25, 0.3) is 0 Å². The Kier molecular flexibility index (Phi) is 4.28. The molecule has 7 nitrogen and oxygen atoms in total. The number of rotatable bonds is 0. The minimum atomic E-state index is -0.711. The molecule has 9 heteroatoms. The number of nitrogens with zero attached hydrogens (tertiary/aromatic N) is 4. The molecule has 1 saturated carbocycles. The maximum absolute atomic E-state index is 14.8. The van der Waals surface area contributed by atoms with Crippen molar-refractivity contribution >= 4 is 17.2 Å². The SMILES string of the molecule is C=C1N[C@H](C)COc2c(F)cc(F)cc2CN2c3nc4c1cnn4cc3O[C@H]1CCC[C@H]12. The number of hydrogen-bond acceptors (Lipinski definition) is 6. The summed E-state index contributed by atoms with van der Waals surface area (Å²) in [5.74, 6) is -0.0322. The normalized spacial score (nSPS) is 24.5. The number of nitrogens with one attached hydrogen (secondary N) is 1. The van der Waals surface area contributed by atoms with E-state index in [2.05, 4.69) is 21.9 Å². The van der Waals surface area contributed by atoms with Gasteiger partial charge in [-0.3, -0.25) is 0 Å². The van der Waals surface area contributed by atoms with Crippen molar-refractivity contribution < 1.29 is 18.3 Å². The predicted molar refractivity (Wildman–Crippen MR) is 115 cm³/mol. The number of halogens is 2. The first-order valence-corrected chi connectivity index (χ1v) is 10.9. The molecule has 1 fully saturated rings. The van der Waals surface area contributed by atoms with Crippen molar-refractivity contribution in [3.8, 4) is 11.5 Å². The third-order valence-electron chi connectivity index (χ3n) is 6.46. The topological polar surface area (TPSA) is 63.9 Å². The van der Waals surface area contributed by atoms with Crippen molar-refractivity contribution in [2.75, 3.05) is 11.5 Å². The number of benzene rings is 1. The number of fused-ring (bicyclic) bond motifs is 3. The molecule has 0 spiro atoms. The third kappa shape index (κ3) is 2.98. The Hall–Kier alpha value is -3.36. The van der Waals surface area contributed by atoms with Gasteiger partial charge in [-0.2, -0.15) is 5.10 Å². The van der Waals surface area contributed by atoms with E-state index in [9.17, 15) is 8.78 Å². The average molecular weight is 439 g/mol. The average Bonchev–Trinajstić information content (AvgIpc) is 3.37. The highest BCUT2D eigenvalue weighted by Gasteiger charge is 2.41. The van der Waals surface area contributed by atoms with Crippen LogP contribution >= 0.6 is 0 Å². The van der Waals surface area contributed by atoms with Crippen LogP contribution in [0.2, 0.25) is 0 Å². The van der Waals surface area contributed by atoms with E-state index < -0.39 is 11.6 Å². The molecule has 2 aliphatic heterocycles. The van der Waals surface area contributed by atoms with Gasteiger partial charge in [-0.15, -0.1) is 0 Å². The Balaban J connectivity index is 1.57. The Labute approximate surface area is 183 Å². The third-order valence-corrected chi connectivity index (χ3v) is 6.46. The van der Waals surface area contributed by atoms with Gasteiger partial charge in [-0.25, -0.2) is 18.3 Å². The molecular weight excluding hydrogens is 416 g/mol. The summed E-state index contributed by atoms with van der Waals surface area (Å²) < 4.78 is 42.8. The molecule has 3 aromatic rings. The molecule has 6 rings (SSSR count). The Morgan fingerprint density at radius 2 is 2.12 bits per heavy atom. The summed E-state index contributed by atoms with van der Waals surface area (Å²) in [5, 5.41) is 7.71. The van der Waals surface area contributed by atoms with Gasteiger partial charge < -0.3 is 19.7 Å². The van der Waals surface area contributed by atoms with Crippen molar-refractivity contribution in [2.45, 2.75) is 50.9 Å². The summed E-state index contributed by atoms with van der Waals surface area (Å²) >= 11 is 0. The monoisotopic (exact) mass is 439 g/mol. The predicted octanol–water partition coefficient (Wildman–Crippen LogP) is 3.67. The summed E-state index contributed by atoms with van der Waals surface area (Å²) in [6, 6.07) is 2.09. The molecule has 0 radical (unpaired) electrons. The minimum Gasteiger partial charge on any atom is -0.488 e. The van der Waals surface area contributed by atoms with Crippen LogP contribution in [0.1, 0.15) is 37.3 Å². The first-order chi connectivity index (χ1) is 15.5. The van der Waals surface area contributed by atoms with Crippen LogP contribution in [0.3, 0.4) is 0 Å². The zero-order chi connectivity index (χ0) is 22.0. The molecule has 1 aliphatic carbocycles. The van der Waals surface area contributed by atoms with E-state index in [1.165, 1.54) is 6.07 Å². The summed E-state index contributed by atoms with van der Waals surface area (Å²) in [7, 11) is 0. The molecule has 166 valence electrons. The fourth-order valence-electron chi connectivity index (χ4n) is 5.00. The molecule has 4 heterocycles. The van der Waals surface area contributed by atoms with Crippen LogP contribution in [0.15, 0.2) is 31.1 Å². The Morgan fingerprint density at radius 3 is 3.00 bits per heavy atom. The smallest absolute Gasteiger partial charge is 0.180 e. The lowest BCUT2D eigenvalue weighted by atomic mass is 10.1. The lowest BCUT2D eigenvalue weighted by molar-refractivity contribution is 0.168. The van der Waals surface area contributed by atoms with Gasteiger partial charge >= 0.3 is 0 Å². The maximum atomic E-state index is 14.8. The fourth-order valence-corrected chi connectivity index (χ4v) is 5.00. The van der Waals surface area contributed by atoms with E-state index in [1.807, 2.05) is 13.1 Å². The zero-order valence-electron chi connectivity index (χ0n) is 17.6. The molecule has 3 aliphatic rings. The molecule has 2 aromatic heterocycles. The van der Waals surface area contributed by atoms with Crippen LogP contribution in [0.25, 0.3) is 11.3 Å². The van der Waals surface area contributed by atoms with Crippen LogP contribution in [0, 0.1) is 11.6 Å². The molecule has 0 saturated heterocycles. The van der Waals surface area contributed by atoms with Gasteiger partial charge in [0, 0.05) is 23.9 Å². The van der Waals surface area contributed by atoms with Gasteiger partial charge in [-0.1, -0.05) is 6.58 Å². The van der Waals surface area contributed by atoms with Gasteiger partial charge in [-0.05, 0) is 32.3 Å². The second-order valence-electron chi connectivity index (χ2n) is 8.75. The van der Waals surface area contributed by atoms with E-state index in [0.717, 1.165) is 30.9 Å². The highest BCUT2D eigenvalue weighted by molar-refractivity contribution is 5.75. The lowest BCUT2D eigenvalue weighted by Crippen LogP contribution is -2.47. The van der Waals surface area contributed by atoms with Crippen molar-refractivity contribution in [1.82, 2.24) is 19.9 Å². The van der Waals surface area contributed by atoms with Crippen LogP contribution < -0.4 is 19.7 Å². The van der Waals surface area contributed by atoms with E-state index in [1.54, 1.807) is 10.7 Å². The second-order valence-corrected chi connectivity index (χ2v) is 8.75. The molecule has 0 amide bonds. The van der Waals surface area contributed by atoms with Gasteiger partial charge in [0.15, 0.2) is 28.8 Å². The summed E-state index contributed by atoms with van der Waals surface area (Å²) in [6.45, 7) is 6.49. The molecule has 32 heavy (non-hydrogen) atoms. The highest BCUT2D eigenvalue weighted by atomic mass is 19.1. The highest BCUT2D eigenvalue weighted by Crippen LogP contribution is 2.43. The summed E-state index contributed by atoms with van der Waals surface area (Å²) in [5.41, 5.74) is 2.50. The summed E-state index contributed by atoms with van der Waals surface area (Å²) in [6.07, 6.45) is 6.38. The molecule has 2 bridgehead atoms. The van der Waals surface area contributed by atoms with Crippen LogP contribution in [0.5, 0.6) is 11.5 Å². The van der Waals surface area contributed by atoms with E-state index >= 15 is 0 Å². The van der Waals surface area contributed by atoms with Crippen LogP contribution in [-0.2, 0) is 6.54 Å². The molecule has 1 N–H and O–H groups in total. The van der Waals surface area contributed by atoms with E-state index in [-0.39, 0.29) is 37.1 Å². The standard InChI is InChI=1S/C23H23F2N5O2/c1-12-11-31-21-14(6-15(24)7-17(21)25)9-29-18-4-3-5-19(18)32-20-10-30-22(28-23(20)29)16(8-26-30)13(2)27-12/h6-8,10,12,18-19,27H,2-5,9,11H2,1H3/t12-,18-,19+/m1/s1. The van der Waals surface area contributed by atoms with Crippen molar-refractivity contribution in [3.05, 3.63) is 53.9 Å². The number of anilines is 1. The van der Waals surface area contributed by atoms with Crippen molar-refractivity contribution in [1.29, 1.82) is 0 Å². The van der Waals surface area contributed by atoms with Gasteiger partial charge in [0.05, 0.1) is 30.0 Å². The summed E-state index contributed by atoms with van der Waals surface area (Å²) in [4.78, 5) is 7.01. The lowest BCUT2D eigenvalue weighted by Gasteiger charge is -2.39. The zero-order valence-corrected chi connectivity index (χ0v) is 17.6. The van der Waals surface area contributed by atoms with Gasteiger partial charge in [0.2, 0.25) is 0 Å². The second kappa shape index (κ2) is 7.08. The minimum absolute atomic E-state index is 0.00750. The molecule has 0 unspecified atom stereocenters. The molecule has 3 atom stereocenters. The van der Waals surface area contributed by atoms with Gasteiger partial charge in [0.1, 0.15) is 18.5 Å². The fraction of sp³-hybridized carbons (Fsp3) is 0.391. The Morgan fingerprint density at radius 1 is 1.25 bits per heavy atom. The largest absolute Gasteiger partial charge is 0.488 e. The first-order valence-electron chi connectivity index (χ1n) is 10.9. The number of aromatic nitrogens is 3. The van der Waals surface area contributed by atoms with E-state index in [0.29, 0.717) is 28.5 Å². The van der Waals surface area contributed by atoms with Crippen LogP contribution in [-0.4, -0.2) is 39.4 Å².